The molecule has 0 aliphatic heterocycles. The van der Waals surface area contributed by atoms with E-state index in [0.29, 0.717) is 0 Å². The van der Waals surface area contributed by atoms with Crippen LogP contribution in [0, 0.1) is 17.1 Å². The Morgan fingerprint density at radius 2 is 1.82 bits per heavy atom. The molecule has 1 unspecified atom stereocenters. The fourth-order valence-corrected chi connectivity index (χ4v) is 1.96. The first-order valence-corrected chi connectivity index (χ1v) is 6.50. The molecule has 0 heterocycles. The molecule has 2 aromatic carbocycles. The molecular formula is C16H13F3N2O. The summed E-state index contributed by atoms with van der Waals surface area (Å²) in [5, 5.41) is 11.7. The summed E-state index contributed by atoms with van der Waals surface area (Å²) < 4.78 is 42.2. The average molecular weight is 306 g/mol. The largest absolute Gasteiger partial charge is 0.435 e. The standard InChI is InChI=1S/C16H13F3N2O/c1-10(12-3-5-13(6-4-12)22-16(18)19)21-15-7-2-11(9-20)8-14(15)17/h2-8,10,16,21H,1H3. The van der Waals surface area contributed by atoms with E-state index in [9.17, 15) is 13.2 Å². The summed E-state index contributed by atoms with van der Waals surface area (Å²) >= 11 is 0. The van der Waals surface area contributed by atoms with Crippen LogP contribution in [0.1, 0.15) is 24.1 Å². The van der Waals surface area contributed by atoms with Crippen LogP contribution in [-0.2, 0) is 0 Å². The summed E-state index contributed by atoms with van der Waals surface area (Å²) in [6.45, 7) is -1.06. The van der Waals surface area contributed by atoms with Crippen molar-refractivity contribution < 1.29 is 17.9 Å². The SMILES string of the molecule is CC(Nc1ccc(C#N)cc1F)c1ccc(OC(F)F)cc1. The van der Waals surface area contributed by atoms with Crippen molar-refractivity contribution in [2.24, 2.45) is 0 Å². The van der Waals surface area contributed by atoms with Crippen LogP contribution in [0.3, 0.4) is 0 Å². The van der Waals surface area contributed by atoms with Crippen molar-refractivity contribution in [3.05, 3.63) is 59.4 Å². The van der Waals surface area contributed by atoms with Gasteiger partial charge in [-0.1, -0.05) is 12.1 Å². The third-order valence-electron chi connectivity index (χ3n) is 3.08. The first-order valence-electron chi connectivity index (χ1n) is 6.50. The smallest absolute Gasteiger partial charge is 0.387 e. The summed E-state index contributed by atoms with van der Waals surface area (Å²) in [5.74, 6) is -0.459. The number of hydrogen-bond donors (Lipinski definition) is 1. The predicted molar refractivity (Wildman–Crippen MR) is 76.2 cm³/mol. The van der Waals surface area contributed by atoms with Crippen molar-refractivity contribution in [1.29, 1.82) is 5.26 Å². The van der Waals surface area contributed by atoms with Crippen molar-refractivity contribution in [3.63, 3.8) is 0 Å². The molecule has 0 spiro atoms. The van der Waals surface area contributed by atoms with Crippen LogP contribution in [-0.4, -0.2) is 6.61 Å². The monoisotopic (exact) mass is 306 g/mol. The lowest BCUT2D eigenvalue weighted by Crippen LogP contribution is -2.08. The molecule has 0 fully saturated rings. The van der Waals surface area contributed by atoms with Crippen LogP contribution < -0.4 is 10.1 Å². The Balaban J connectivity index is 2.09. The molecule has 0 bridgehead atoms. The fraction of sp³-hybridized carbons (Fsp3) is 0.188. The fourth-order valence-electron chi connectivity index (χ4n) is 1.96. The molecule has 0 aliphatic rings. The minimum Gasteiger partial charge on any atom is -0.435 e. The van der Waals surface area contributed by atoms with Gasteiger partial charge in [-0.3, -0.25) is 0 Å². The van der Waals surface area contributed by atoms with Gasteiger partial charge in [0.25, 0.3) is 0 Å². The number of alkyl halides is 2. The van der Waals surface area contributed by atoms with Crippen molar-refractivity contribution in [2.75, 3.05) is 5.32 Å². The predicted octanol–water partition coefficient (Wildman–Crippen LogP) is 4.47. The normalized spacial score (nSPS) is 11.8. The van der Waals surface area contributed by atoms with Crippen LogP contribution in [0.4, 0.5) is 18.9 Å². The molecule has 0 amide bonds. The highest BCUT2D eigenvalue weighted by molar-refractivity contribution is 5.50. The molecule has 0 saturated heterocycles. The van der Waals surface area contributed by atoms with Gasteiger partial charge in [0.2, 0.25) is 0 Å². The van der Waals surface area contributed by atoms with Crippen molar-refractivity contribution in [3.8, 4) is 11.8 Å². The molecule has 3 nitrogen and oxygen atoms in total. The van der Waals surface area contributed by atoms with E-state index in [0.717, 1.165) is 11.6 Å². The summed E-state index contributed by atoms with van der Waals surface area (Å²) in [4.78, 5) is 0. The average Bonchev–Trinajstić information content (AvgIpc) is 2.49. The first kappa shape index (κ1) is 15.7. The Morgan fingerprint density at radius 1 is 1.14 bits per heavy atom. The van der Waals surface area contributed by atoms with E-state index in [2.05, 4.69) is 10.1 Å². The highest BCUT2D eigenvalue weighted by Gasteiger charge is 2.10. The second-order valence-electron chi connectivity index (χ2n) is 4.62. The lowest BCUT2D eigenvalue weighted by atomic mass is 10.1. The number of hydrogen-bond acceptors (Lipinski definition) is 3. The van der Waals surface area contributed by atoms with Gasteiger partial charge in [0.05, 0.1) is 17.3 Å². The van der Waals surface area contributed by atoms with Gasteiger partial charge in [-0.2, -0.15) is 14.0 Å². The molecular weight excluding hydrogens is 293 g/mol. The van der Waals surface area contributed by atoms with E-state index in [1.165, 1.54) is 24.3 Å². The van der Waals surface area contributed by atoms with Gasteiger partial charge < -0.3 is 10.1 Å². The number of nitrogens with one attached hydrogen (secondary N) is 1. The third-order valence-corrected chi connectivity index (χ3v) is 3.08. The number of halogens is 3. The molecule has 1 N–H and O–H groups in total. The van der Waals surface area contributed by atoms with E-state index in [4.69, 9.17) is 5.26 Å². The molecule has 0 aromatic heterocycles. The second-order valence-corrected chi connectivity index (χ2v) is 4.62. The van der Waals surface area contributed by atoms with Gasteiger partial charge in [0, 0.05) is 6.04 Å². The van der Waals surface area contributed by atoms with Crippen LogP contribution in [0.2, 0.25) is 0 Å². The van der Waals surface area contributed by atoms with Gasteiger partial charge in [0.1, 0.15) is 11.6 Å². The zero-order chi connectivity index (χ0) is 16.1. The number of ether oxygens (including phenoxy) is 1. The molecule has 2 rings (SSSR count). The molecule has 114 valence electrons. The maximum Gasteiger partial charge on any atom is 0.387 e. The lowest BCUT2D eigenvalue weighted by Gasteiger charge is -2.17. The Labute approximate surface area is 126 Å². The van der Waals surface area contributed by atoms with E-state index in [1.54, 1.807) is 19.1 Å². The molecule has 0 saturated carbocycles. The van der Waals surface area contributed by atoms with Crippen molar-refractivity contribution in [2.45, 2.75) is 19.6 Å². The number of nitriles is 1. The van der Waals surface area contributed by atoms with Gasteiger partial charge in [0.15, 0.2) is 0 Å². The molecule has 1 atom stereocenters. The van der Waals surface area contributed by atoms with Gasteiger partial charge in [-0.25, -0.2) is 4.39 Å². The first-order chi connectivity index (χ1) is 10.5. The Kier molecular flexibility index (Phi) is 4.89. The minimum atomic E-state index is -2.87. The van der Waals surface area contributed by atoms with E-state index in [1.807, 2.05) is 6.07 Å². The minimum absolute atomic E-state index is 0.0653. The Hall–Kier alpha value is -2.68. The van der Waals surface area contributed by atoms with E-state index >= 15 is 0 Å². The molecule has 0 aliphatic carbocycles. The Morgan fingerprint density at radius 3 is 2.36 bits per heavy atom. The van der Waals surface area contributed by atoms with Crippen LogP contribution in [0.25, 0.3) is 0 Å². The number of nitrogens with zero attached hydrogens (tertiary/aromatic N) is 1. The Bertz CT molecular complexity index is 681. The molecule has 22 heavy (non-hydrogen) atoms. The lowest BCUT2D eigenvalue weighted by molar-refractivity contribution is -0.0498. The van der Waals surface area contributed by atoms with E-state index in [-0.39, 0.29) is 23.0 Å². The van der Waals surface area contributed by atoms with Crippen molar-refractivity contribution in [1.82, 2.24) is 0 Å². The highest BCUT2D eigenvalue weighted by Crippen LogP contribution is 2.24. The maximum atomic E-state index is 13.8. The highest BCUT2D eigenvalue weighted by atomic mass is 19.3. The van der Waals surface area contributed by atoms with Gasteiger partial charge in [-0.15, -0.1) is 0 Å². The zero-order valence-corrected chi connectivity index (χ0v) is 11.7. The topological polar surface area (TPSA) is 45.0 Å². The van der Waals surface area contributed by atoms with Crippen molar-refractivity contribution >= 4 is 5.69 Å². The molecule has 0 radical (unpaired) electrons. The third kappa shape index (κ3) is 3.92. The summed E-state index contributed by atoms with van der Waals surface area (Å²) in [7, 11) is 0. The van der Waals surface area contributed by atoms with E-state index < -0.39 is 12.4 Å². The number of rotatable bonds is 5. The van der Waals surface area contributed by atoms with Gasteiger partial charge in [-0.05, 0) is 42.8 Å². The number of anilines is 1. The van der Waals surface area contributed by atoms with Gasteiger partial charge >= 0.3 is 6.61 Å². The zero-order valence-electron chi connectivity index (χ0n) is 11.7. The summed E-state index contributed by atoms with van der Waals surface area (Å²) in [5.41, 5.74) is 1.29. The summed E-state index contributed by atoms with van der Waals surface area (Å²) in [6, 6.07) is 11.9. The molecule has 2 aromatic rings. The summed E-state index contributed by atoms with van der Waals surface area (Å²) in [6.07, 6.45) is 0. The quantitative estimate of drug-likeness (QED) is 0.886. The second kappa shape index (κ2) is 6.85. The molecule has 6 heteroatoms. The van der Waals surface area contributed by atoms with Crippen LogP contribution in [0.5, 0.6) is 5.75 Å². The van der Waals surface area contributed by atoms with Crippen LogP contribution >= 0.6 is 0 Å². The number of benzene rings is 2. The van der Waals surface area contributed by atoms with Crippen LogP contribution in [0.15, 0.2) is 42.5 Å². The maximum absolute atomic E-state index is 13.8.